The lowest BCUT2D eigenvalue weighted by molar-refractivity contribution is -0.121. The fraction of sp³-hybridized carbons (Fsp3) is 0.500. The van der Waals surface area contributed by atoms with Gasteiger partial charge < -0.3 is 18.7 Å². The zero-order valence-electron chi connectivity index (χ0n) is 25.0. The summed E-state index contributed by atoms with van der Waals surface area (Å²) in [7, 11) is 1.83. The number of ether oxygens (including phenoxy) is 1. The van der Waals surface area contributed by atoms with Gasteiger partial charge in [-0.15, -0.1) is 0 Å². The molecule has 0 unspecified atom stereocenters. The average molecular weight is 587 g/mol. The smallest absolute Gasteiger partial charge is 0.231 e. The van der Waals surface area contributed by atoms with Crippen LogP contribution < -0.4 is 4.90 Å². The van der Waals surface area contributed by atoms with Crippen molar-refractivity contribution in [1.29, 1.82) is 0 Å². The van der Waals surface area contributed by atoms with Gasteiger partial charge in [0.15, 0.2) is 11.6 Å². The number of piperidine rings is 1. The maximum atomic E-state index is 14.6. The Hall–Kier alpha value is -3.59. The number of aromatic nitrogens is 3. The average Bonchev–Trinajstić information content (AvgIpc) is 3.59. The molecule has 9 heteroatoms. The quantitative estimate of drug-likeness (QED) is 0.243. The van der Waals surface area contributed by atoms with E-state index in [4.69, 9.17) is 14.2 Å². The van der Waals surface area contributed by atoms with Crippen LogP contribution in [0.2, 0.25) is 0 Å². The first-order chi connectivity index (χ1) is 20.7. The van der Waals surface area contributed by atoms with Crippen molar-refractivity contribution in [2.75, 3.05) is 12.0 Å². The van der Waals surface area contributed by atoms with Gasteiger partial charge in [0.1, 0.15) is 11.6 Å². The van der Waals surface area contributed by atoms with E-state index in [-0.39, 0.29) is 34.9 Å². The van der Waals surface area contributed by atoms with Crippen LogP contribution in [0.5, 0.6) is 0 Å². The highest BCUT2D eigenvalue weighted by Crippen LogP contribution is 2.57. The van der Waals surface area contributed by atoms with Gasteiger partial charge in [-0.1, -0.05) is 11.2 Å². The van der Waals surface area contributed by atoms with E-state index < -0.39 is 11.6 Å². The summed E-state index contributed by atoms with van der Waals surface area (Å²) in [5.74, 6) is -0.0944. The third-order valence-corrected chi connectivity index (χ3v) is 11.2. The molecule has 2 bridgehead atoms. The molecule has 1 saturated heterocycles. The lowest BCUT2D eigenvalue weighted by Gasteiger charge is -2.54. The summed E-state index contributed by atoms with van der Waals surface area (Å²) in [5.41, 5.74) is 5.97. The van der Waals surface area contributed by atoms with Crippen LogP contribution in [0.25, 0.3) is 22.2 Å². The molecule has 5 aliphatic rings. The SMILES string of the molecule is COC12CCC(n3c([C@H]4C[C@@H]5C[C@@H]5C(=O)N4c4ccc(F)c(F)c4)nc4c(C)c(-c5c(C)noc5C)ccc43)(CC1)CC2. The molecule has 5 fully saturated rings. The summed E-state index contributed by atoms with van der Waals surface area (Å²) >= 11 is 0. The predicted molar refractivity (Wildman–Crippen MR) is 158 cm³/mol. The minimum Gasteiger partial charge on any atom is -0.378 e. The van der Waals surface area contributed by atoms with Gasteiger partial charge >= 0.3 is 0 Å². The molecule has 2 aromatic heterocycles. The molecule has 9 rings (SSSR count). The summed E-state index contributed by atoms with van der Waals surface area (Å²) in [6.07, 6.45) is 7.37. The summed E-state index contributed by atoms with van der Waals surface area (Å²) in [5, 5.41) is 4.19. The van der Waals surface area contributed by atoms with Crippen molar-refractivity contribution in [2.45, 2.75) is 89.3 Å². The van der Waals surface area contributed by atoms with Crippen molar-refractivity contribution >= 4 is 22.6 Å². The van der Waals surface area contributed by atoms with Gasteiger partial charge in [-0.25, -0.2) is 13.8 Å². The molecule has 4 aliphatic carbocycles. The molecular weight excluding hydrogens is 550 g/mol. The molecule has 0 spiro atoms. The summed E-state index contributed by atoms with van der Waals surface area (Å²) < 4.78 is 42.6. The number of carbonyl (C=O) groups excluding carboxylic acids is 1. The number of hydrogen-bond donors (Lipinski definition) is 0. The van der Waals surface area contributed by atoms with Gasteiger partial charge in [-0.05, 0) is 107 Å². The molecule has 0 N–H and O–H groups in total. The van der Waals surface area contributed by atoms with Gasteiger partial charge in [0.25, 0.3) is 0 Å². The van der Waals surface area contributed by atoms with Crippen molar-refractivity contribution < 1.29 is 22.8 Å². The zero-order chi connectivity index (χ0) is 29.8. The van der Waals surface area contributed by atoms with E-state index in [2.05, 4.69) is 28.8 Å². The largest absolute Gasteiger partial charge is 0.378 e. The number of hydrogen-bond acceptors (Lipinski definition) is 5. The second-order valence-electron chi connectivity index (χ2n) is 13.4. The van der Waals surface area contributed by atoms with E-state index in [1.807, 2.05) is 21.0 Å². The van der Waals surface area contributed by atoms with Gasteiger partial charge in [0.2, 0.25) is 5.91 Å². The number of amides is 1. The monoisotopic (exact) mass is 586 g/mol. The normalized spacial score (nSPS) is 29.9. The third-order valence-electron chi connectivity index (χ3n) is 11.2. The van der Waals surface area contributed by atoms with Crippen LogP contribution >= 0.6 is 0 Å². The highest BCUT2D eigenvalue weighted by atomic mass is 19.2. The molecule has 4 aromatic rings. The number of halogens is 2. The summed E-state index contributed by atoms with van der Waals surface area (Å²) in [6, 6.07) is 7.70. The number of fused-ring (bicyclic) bond motifs is 5. The van der Waals surface area contributed by atoms with E-state index in [9.17, 15) is 13.6 Å². The first-order valence-corrected chi connectivity index (χ1v) is 15.4. The lowest BCUT2D eigenvalue weighted by atomic mass is 9.62. The van der Waals surface area contributed by atoms with E-state index >= 15 is 0 Å². The Labute approximate surface area is 249 Å². The molecule has 1 aliphatic heterocycles. The molecule has 2 aromatic carbocycles. The first-order valence-electron chi connectivity index (χ1n) is 15.4. The first kappa shape index (κ1) is 27.0. The molecule has 3 heterocycles. The molecule has 43 heavy (non-hydrogen) atoms. The van der Waals surface area contributed by atoms with Gasteiger partial charge in [0, 0.05) is 35.9 Å². The second-order valence-corrected chi connectivity index (χ2v) is 13.4. The number of aryl methyl sites for hydroxylation is 3. The number of nitrogens with zero attached hydrogens (tertiary/aromatic N) is 4. The number of methoxy groups -OCH3 is 1. The Bertz CT molecular complexity index is 1760. The van der Waals surface area contributed by atoms with E-state index in [0.717, 1.165) is 109 Å². The standard InChI is InChI=1S/C34H36F2N4O3/c1-18-23(29-19(2)38-43-20(29)3)6-8-27-30(18)37-31(40(27)33-9-12-34(42-4,13-10-33)14-11-33)28-16-21-15-24(21)32(41)39(28)22-5-7-25(35)26(36)17-22/h5-8,17,21,24,28H,9-16H2,1-4H3/t21-,24-,28+,33?,34?/m0/s1. The molecule has 4 saturated carbocycles. The van der Waals surface area contributed by atoms with Crippen molar-refractivity contribution in [3.8, 4) is 11.1 Å². The van der Waals surface area contributed by atoms with Gasteiger partial charge in [-0.3, -0.25) is 4.79 Å². The van der Waals surface area contributed by atoms with Crippen molar-refractivity contribution in [2.24, 2.45) is 11.8 Å². The summed E-state index contributed by atoms with van der Waals surface area (Å²) in [6.45, 7) is 5.97. The van der Waals surface area contributed by atoms with Crippen molar-refractivity contribution in [3.63, 3.8) is 0 Å². The molecular formula is C34H36F2N4O3. The minimum absolute atomic E-state index is 0.0258. The number of carbonyl (C=O) groups is 1. The van der Waals surface area contributed by atoms with E-state index in [1.54, 1.807) is 4.90 Å². The predicted octanol–water partition coefficient (Wildman–Crippen LogP) is 7.46. The highest BCUT2D eigenvalue weighted by Gasteiger charge is 2.56. The maximum Gasteiger partial charge on any atom is 0.231 e. The van der Waals surface area contributed by atoms with Crippen molar-refractivity contribution in [3.05, 3.63) is 64.8 Å². The fourth-order valence-corrected chi connectivity index (χ4v) is 8.63. The summed E-state index contributed by atoms with van der Waals surface area (Å²) in [4.78, 5) is 21.0. The van der Waals surface area contributed by atoms with Gasteiger partial charge in [-0.2, -0.15) is 0 Å². The lowest BCUT2D eigenvalue weighted by Crippen LogP contribution is -2.53. The molecule has 3 atom stereocenters. The molecule has 224 valence electrons. The van der Waals surface area contributed by atoms with Crippen LogP contribution in [0.3, 0.4) is 0 Å². The number of rotatable bonds is 5. The Morgan fingerprint density at radius 2 is 1.72 bits per heavy atom. The molecule has 7 nitrogen and oxygen atoms in total. The zero-order valence-corrected chi connectivity index (χ0v) is 25.0. The number of benzene rings is 2. The Morgan fingerprint density at radius 1 is 0.977 bits per heavy atom. The minimum atomic E-state index is -0.954. The Kier molecular flexibility index (Phi) is 5.78. The maximum absolute atomic E-state index is 14.6. The third kappa shape index (κ3) is 3.82. The molecule has 0 radical (unpaired) electrons. The van der Waals surface area contributed by atoms with Crippen LogP contribution in [-0.2, 0) is 15.1 Å². The van der Waals surface area contributed by atoms with Gasteiger partial charge in [0.05, 0.1) is 28.4 Å². The van der Waals surface area contributed by atoms with Crippen LogP contribution in [-0.4, -0.2) is 33.3 Å². The Morgan fingerprint density at radius 3 is 2.37 bits per heavy atom. The number of imidazole rings is 1. The highest BCUT2D eigenvalue weighted by molar-refractivity contribution is 5.99. The van der Waals surface area contributed by atoms with E-state index in [0.29, 0.717) is 5.69 Å². The van der Waals surface area contributed by atoms with E-state index in [1.165, 1.54) is 6.07 Å². The van der Waals surface area contributed by atoms with Crippen LogP contribution in [0.4, 0.5) is 14.5 Å². The molecule has 1 amide bonds. The van der Waals surface area contributed by atoms with Crippen molar-refractivity contribution in [1.82, 2.24) is 14.7 Å². The Balaban J connectivity index is 1.35. The van der Waals surface area contributed by atoms with Crippen LogP contribution in [0.1, 0.15) is 80.3 Å². The van der Waals surface area contributed by atoms with Crippen LogP contribution in [0, 0.1) is 44.2 Å². The fourth-order valence-electron chi connectivity index (χ4n) is 8.63. The number of anilines is 1. The van der Waals surface area contributed by atoms with Crippen LogP contribution in [0.15, 0.2) is 34.9 Å². The topological polar surface area (TPSA) is 73.4 Å². The second kappa shape index (κ2) is 9.21.